The van der Waals surface area contributed by atoms with E-state index in [9.17, 15) is 9.18 Å². The van der Waals surface area contributed by atoms with Crippen LogP contribution >= 0.6 is 0 Å². The molecule has 0 aliphatic rings. The number of carboxylic acid groups (broad SMARTS) is 1. The number of aryl methyl sites for hydroxylation is 1. The highest BCUT2D eigenvalue weighted by atomic mass is 19.1. The average Bonchev–Trinajstić information content (AvgIpc) is 2.10. The van der Waals surface area contributed by atoms with E-state index < -0.39 is 23.6 Å². The summed E-state index contributed by atoms with van der Waals surface area (Å²) in [6.07, 6.45) is 0. The van der Waals surface area contributed by atoms with E-state index in [2.05, 4.69) is 0 Å². The molecule has 1 aromatic rings. The molecule has 76 valence electrons. The van der Waals surface area contributed by atoms with Gasteiger partial charge in [-0.2, -0.15) is 0 Å². The van der Waals surface area contributed by atoms with Crippen LogP contribution in [-0.4, -0.2) is 16.2 Å². The van der Waals surface area contributed by atoms with Crippen molar-refractivity contribution in [2.45, 2.75) is 13.0 Å². The maximum atomic E-state index is 12.8. The Hall–Kier alpha value is -1.62. The van der Waals surface area contributed by atoms with E-state index in [0.717, 1.165) is 12.1 Å². The molecule has 1 rings (SSSR count). The Bertz CT molecular complexity index is 379. The van der Waals surface area contributed by atoms with Crippen LogP contribution in [0.1, 0.15) is 17.2 Å². The Kier molecular flexibility index (Phi) is 2.71. The molecule has 0 spiro atoms. The molecule has 0 aliphatic heterocycles. The monoisotopic (exact) mass is 199 g/mol. The maximum Gasteiger partial charge on any atom is 0.325 e. The molecule has 0 heterocycles. The number of carboxylic acids is 1. The van der Waals surface area contributed by atoms with E-state index in [1.165, 1.54) is 6.92 Å². The molecular weight excluding hydrogens is 189 g/mol. The molecule has 0 aliphatic carbocycles. The SMILES string of the molecule is Cc1cc(F)c(O)cc1C(N)C(=O)O. The summed E-state index contributed by atoms with van der Waals surface area (Å²) in [7, 11) is 0. The van der Waals surface area contributed by atoms with Gasteiger partial charge in [0.1, 0.15) is 6.04 Å². The van der Waals surface area contributed by atoms with Crippen molar-refractivity contribution in [2.75, 3.05) is 0 Å². The molecule has 0 saturated carbocycles. The zero-order valence-corrected chi connectivity index (χ0v) is 7.49. The summed E-state index contributed by atoms with van der Waals surface area (Å²) in [5, 5.41) is 17.7. The van der Waals surface area contributed by atoms with Crippen LogP contribution in [0.15, 0.2) is 12.1 Å². The van der Waals surface area contributed by atoms with Crippen LogP contribution < -0.4 is 5.73 Å². The number of benzene rings is 1. The van der Waals surface area contributed by atoms with Gasteiger partial charge in [0, 0.05) is 0 Å². The lowest BCUT2D eigenvalue weighted by molar-refractivity contribution is -0.138. The van der Waals surface area contributed by atoms with Crippen LogP contribution in [0.25, 0.3) is 0 Å². The number of hydrogen-bond acceptors (Lipinski definition) is 3. The fourth-order valence-electron chi connectivity index (χ4n) is 1.15. The van der Waals surface area contributed by atoms with Gasteiger partial charge >= 0.3 is 5.97 Å². The lowest BCUT2D eigenvalue weighted by atomic mass is 10.0. The van der Waals surface area contributed by atoms with E-state index in [-0.39, 0.29) is 5.56 Å². The van der Waals surface area contributed by atoms with Crippen molar-refractivity contribution in [3.8, 4) is 5.75 Å². The molecule has 0 bridgehead atoms. The number of rotatable bonds is 2. The van der Waals surface area contributed by atoms with Crippen LogP contribution in [0.5, 0.6) is 5.75 Å². The van der Waals surface area contributed by atoms with Gasteiger partial charge in [-0.1, -0.05) is 0 Å². The van der Waals surface area contributed by atoms with Gasteiger partial charge in [-0.05, 0) is 30.2 Å². The number of hydrogen-bond donors (Lipinski definition) is 3. The van der Waals surface area contributed by atoms with Gasteiger partial charge in [-0.15, -0.1) is 0 Å². The zero-order valence-electron chi connectivity index (χ0n) is 7.49. The minimum absolute atomic E-state index is 0.205. The molecule has 0 saturated heterocycles. The van der Waals surface area contributed by atoms with Crippen molar-refractivity contribution in [3.63, 3.8) is 0 Å². The number of phenols is 1. The fraction of sp³-hybridized carbons (Fsp3) is 0.222. The van der Waals surface area contributed by atoms with Crippen LogP contribution in [0.4, 0.5) is 4.39 Å². The van der Waals surface area contributed by atoms with Crippen molar-refractivity contribution in [1.29, 1.82) is 0 Å². The summed E-state index contributed by atoms with van der Waals surface area (Å²) in [5.74, 6) is -2.61. The third-order valence-corrected chi connectivity index (χ3v) is 1.94. The number of phenolic OH excluding ortho intramolecular Hbond substituents is 1. The Labute approximate surface area is 79.8 Å². The molecule has 1 unspecified atom stereocenters. The van der Waals surface area contributed by atoms with Crippen LogP contribution in [0.2, 0.25) is 0 Å². The summed E-state index contributed by atoms with van der Waals surface area (Å²) in [6.45, 7) is 1.53. The van der Waals surface area contributed by atoms with Gasteiger partial charge in [0.25, 0.3) is 0 Å². The average molecular weight is 199 g/mol. The first-order chi connectivity index (χ1) is 6.43. The van der Waals surface area contributed by atoms with Crippen molar-refractivity contribution in [3.05, 3.63) is 29.1 Å². The first-order valence-corrected chi connectivity index (χ1v) is 3.91. The highest BCUT2D eigenvalue weighted by Gasteiger charge is 2.18. The van der Waals surface area contributed by atoms with E-state index in [4.69, 9.17) is 15.9 Å². The van der Waals surface area contributed by atoms with Gasteiger partial charge in [0.05, 0.1) is 0 Å². The van der Waals surface area contributed by atoms with Gasteiger partial charge in [0.2, 0.25) is 0 Å². The van der Waals surface area contributed by atoms with Crippen molar-refractivity contribution in [2.24, 2.45) is 5.73 Å². The Balaban J connectivity index is 3.22. The standard InChI is InChI=1S/C9H10FNO3/c1-4-2-6(10)7(12)3-5(4)8(11)9(13)14/h2-3,8,12H,11H2,1H3,(H,13,14). The molecule has 1 atom stereocenters. The third kappa shape index (κ3) is 1.82. The van der Waals surface area contributed by atoms with Crippen LogP contribution in [0, 0.1) is 12.7 Å². The molecule has 14 heavy (non-hydrogen) atoms. The minimum atomic E-state index is -1.25. The van der Waals surface area contributed by atoms with E-state index in [0.29, 0.717) is 5.56 Å². The molecule has 0 radical (unpaired) electrons. The Morgan fingerprint density at radius 1 is 1.57 bits per heavy atom. The molecule has 0 amide bonds. The molecular formula is C9H10FNO3. The predicted octanol–water partition coefficient (Wildman–Crippen LogP) is 0.924. The second kappa shape index (κ2) is 3.63. The van der Waals surface area contributed by atoms with Crippen molar-refractivity contribution >= 4 is 5.97 Å². The first kappa shape index (κ1) is 10.5. The summed E-state index contributed by atoms with van der Waals surface area (Å²) >= 11 is 0. The largest absolute Gasteiger partial charge is 0.505 e. The zero-order chi connectivity index (χ0) is 10.9. The molecule has 0 aromatic heterocycles. The maximum absolute atomic E-state index is 12.8. The lowest BCUT2D eigenvalue weighted by Gasteiger charge is -2.10. The van der Waals surface area contributed by atoms with Gasteiger partial charge in [-0.25, -0.2) is 4.39 Å². The van der Waals surface area contributed by atoms with Crippen LogP contribution in [-0.2, 0) is 4.79 Å². The highest BCUT2D eigenvalue weighted by Crippen LogP contribution is 2.24. The van der Waals surface area contributed by atoms with Crippen molar-refractivity contribution in [1.82, 2.24) is 0 Å². The summed E-state index contributed by atoms with van der Waals surface area (Å²) in [5.41, 5.74) is 5.93. The quantitative estimate of drug-likeness (QED) is 0.661. The molecule has 4 nitrogen and oxygen atoms in total. The summed E-state index contributed by atoms with van der Waals surface area (Å²) in [4.78, 5) is 10.5. The molecule has 1 aromatic carbocycles. The van der Waals surface area contributed by atoms with Crippen LogP contribution in [0.3, 0.4) is 0 Å². The summed E-state index contributed by atoms with van der Waals surface area (Å²) in [6, 6.07) is 0.832. The predicted molar refractivity (Wildman–Crippen MR) is 47.4 cm³/mol. The Morgan fingerprint density at radius 2 is 2.14 bits per heavy atom. The minimum Gasteiger partial charge on any atom is -0.505 e. The Morgan fingerprint density at radius 3 is 2.64 bits per heavy atom. The van der Waals surface area contributed by atoms with Crippen molar-refractivity contribution < 1.29 is 19.4 Å². The molecule has 4 N–H and O–H groups in total. The van der Waals surface area contributed by atoms with E-state index in [1.807, 2.05) is 0 Å². The van der Waals surface area contributed by atoms with E-state index >= 15 is 0 Å². The molecule has 5 heteroatoms. The number of nitrogens with two attached hydrogens (primary N) is 1. The summed E-state index contributed by atoms with van der Waals surface area (Å²) < 4.78 is 12.8. The second-order valence-corrected chi connectivity index (χ2v) is 2.98. The second-order valence-electron chi connectivity index (χ2n) is 2.98. The molecule has 0 fully saturated rings. The topological polar surface area (TPSA) is 83.5 Å². The normalized spacial score (nSPS) is 12.5. The number of aromatic hydroxyl groups is 1. The first-order valence-electron chi connectivity index (χ1n) is 3.91. The number of carbonyl (C=O) groups is 1. The lowest BCUT2D eigenvalue weighted by Crippen LogP contribution is -2.21. The van der Waals surface area contributed by atoms with Gasteiger partial charge < -0.3 is 15.9 Å². The van der Waals surface area contributed by atoms with Gasteiger partial charge in [-0.3, -0.25) is 4.79 Å². The van der Waals surface area contributed by atoms with Gasteiger partial charge in [0.15, 0.2) is 11.6 Å². The highest BCUT2D eigenvalue weighted by molar-refractivity contribution is 5.76. The number of halogens is 1. The third-order valence-electron chi connectivity index (χ3n) is 1.94. The smallest absolute Gasteiger partial charge is 0.325 e. The fourth-order valence-corrected chi connectivity index (χ4v) is 1.15. The van der Waals surface area contributed by atoms with E-state index in [1.54, 1.807) is 0 Å². The number of aliphatic carboxylic acids is 1.